The number of anilines is 3. The number of rotatable bonds is 4. The molecule has 0 N–H and O–H groups in total. The van der Waals surface area contributed by atoms with Crippen molar-refractivity contribution in [1.29, 1.82) is 0 Å². The van der Waals surface area contributed by atoms with E-state index in [1.54, 1.807) is 0 Å². The molecule has 0 saturated heterocycles. The van der Waals surface area contributed by atoms with Crippen LogP contribution in [0, 0.1) is 0 Å². The molecule has 1 nitrogen and oxygen atoms in total. The lowest BCUT2D eigenvalue weighted by atomic mass is 9.55. The molecule has 2 aliphatic rings. The molecule has 0 radical (unpaired) electrons. The molecule has 55 heavy (non-hydrogen) atoms. The van der Waals surface area contributed by atoms with Crippen molar-refractivity contribution in [2.24, 2.45) is 0 Å². The first-order valence-corrected chi connectivity index (χ1v) is 19.4. The van der Waals surface area contributed by atoms with E-state index >= 15 is 0 Å². The summed E-state index contributed by atoms with van der Waals surface area (Å²) in [5, 5.41) is 4.90. The van der Waals surface area contributed by atoms with E-state index in [9.17, 15) is 0 Å². The molecule has 0 aromatic heterocycles. The summed E-state index contributed by atoms with van der Waals surface area (Å²) in [5.74, 6) is 0. The van der Waals surface area contributed by atoms with Crippen LogP contribution in [0.5, 0.6) is 0 Å². The van der Waals surface area contributed by atoms with E-state index in [0.29, 0.717) is 0 Å². The van der Waals surface area contributed by atoms with E-state index in [1.807, 2.05) is 0 Å². The molecule has 0 bridgehead atoms. The molecule has 0 fully saturated rings. The molecule has 2 aliphatic carbocycles. The molecule has 0 heterocycles. The Morgan fingerprint density at radius 2 is 0.800 bits per heavy atom. The van der Waals surface area contributed by atoms with Gasteiger partial charge in [-0.15, -0.1) is 0 Å². The number of fused-ring (bicyclic) bond motifs is 11. The van der Waals surface area contributed by atoms with Gasteiger partial charge in [-0.1, -0.05) is 184 Å². The zero-order valence-corrected chi connectivity index (χ0v) is 31.0. The predicted molar refractivity (Wildman–Crippen MR) is 231 cm³/mol. The largest absolute Gasteiger partial charge is 0.309 e. The number of hydrogen-bond donors (Lipinski definition) is 0. The Morgan fingerprint density at radius 1 is 0.345 bits per heavy atom. The highest BCUT2D eigenvalue weighted by molar-refractivity contribution is 6.05. The van der Waals surface area contributed by atoms with Gasteiger partial charge in [-0.25, -0.2) is 0 Å². The van der Waals surface area contributed by atoms with Crippen LogP contribution in [0.4, 0.5) is 17.1 Å². The Bertz CT molecular complexity index is 2830. The average molecular weight is 702 g/mol. The van der Waals surface area contributed by atoms with Crippen LogP contribution in [0.25, 0.3) is 43.8 Å². The second-order valence-electron chi connectivity index (χ2n) is 15.7. The smallest absolute Gasteiger partial charge is 0.0719 e. The first kappa shape index (κ1) is 31.8. The van der Waals surface area contributed by atoms with E-state index in [1.165, 1.54) is 77.2 Å². The third-order valence-electron chi connectivity index (χ3n) is 12.5. The third kappa shape index (κ3) is 4.47. The van der Waals surface area contributed by atoms with Gasteiger partial charge in [0.1, 0.15) is 0 Å². The minimum absolute atomic E-state index is 0.121. The molecule has 0 aliphatic heterocycles. The van der Waals surface area contributed by atoms with Gasteiger partial charge in [0.15, 0.2) is 0 Å². The van der Waals surface area contributed by atoms with E-state index in [-0.39, 0.29) is 5.41 Å². The Morgan fingerprint density at radius 3 is 1.40 bits per heavy atom. The molecule has 0 unspecified atom stereocenters. The van der Waals surface area contributed by atoms with Crippen LogP contribution in [0.1, 0.15) is 47.2 Å². The van der Waals surface area contributed by atoms with Crippen molar-refractivity contribution in [2.45, 2.75) is 24.7 Å². The van der Waals surface area contributed by atoms with E-state index in [4.69, 9.17) is 0 Å². The van der Waals surface area contributed by atoms with Gasteiger partial charge in [-0.05, 0) is 96.7 Å². The lowest BCUT2D eigenvalue weighted by Crippen LogP contribution is -2.40. The van der Waals surface area contributed by atoms with Crippen LogP contribution in [0.15, 0.2) is 200 Å². The van der Waals surface area contributed by atoms with Gasteiger partial charge in [-0.3, -0.25) is 0 Å². The number of hydrogen-bond acceptors (Lipinski definition) is 1. The summed E-state index contributed by atoms with van der Waals surface area (Å²) in [6, 6.07) is 74.5. The number of nitrogens with zero attached hydrogens (tertiary/aromatic N) is 1. The van der Waals surface area contributed by atoms with Crippen molar-refractivity contribution in [3.63, 3.8) is 0 Å². The average Bonchev–Trinajstić information content (AvgIpc) is 3.54. The van der Waals surface area contributed by atoms with Gasteiger partial charge in [0.25, 0.3) is 0 Å². The highest BCUT2D eigenvalue weighted by Gasteiger charge is 2.53. The van der Waals surface area contributed by atoms with Crippen LogP contribution in [-0.2, 0) is 10.8 Å². The van der Waals surface area contributed by atoms with Gasteiger partial charge in [0.05, 0.1) is 16.8 Å². The van der Waals surface area contributed by atoms with Gasteiger partial charge in [-0.2, -0.15) is 0 Å². The topological polar surface area (TPSA) is 3.24 Å². The van der Waals surface area contributed by atoms with Crippen molar-refractivity contribution < 1.29 is 0 Å². The standard InChI is InChI=1S/C54H39N/c1-53(2)46-23-9-11-25-48(46)54(49-26-12-10-24-47(49)53)45-22-8-7-21-43(45)44-34-31-39(35-50(44)54)36-29-32-40(33-30-36)55(51-27-13-17-37-15-3-5-19-41(37)51)52-28-14-18-38-16-4-6-20-42(38)52/h3-35H,1-2H3. The molecule has 260 valence electrons. The summed E-state index contributed by atoms with van der Waals surface area (Å²) in [6.45, 7) is 4.77. The number of benzene rings is 9. The van der Waals surface area contributed by atoms with Crippen molar-refractivity contribution in [2.75, 3.05) is 4.90 Å². The Balaban J connectivity index is 1.10. The quantitative estimate of drug-likeness (QED) is 0.177. The zero-order valence-electron chi connectivity index (χ0n) is 31.0. The fourth-order valence-electron chi connectivity index (χ4n) is 10.1. The monoisotopic (exact) mass is 701 g/mol. The molecule has 9 aromatic rings. The molecule has 0 amide bonds. The molecule has 1 spiro atoms. The van der Waals surface area contributed by atoms with Gasteiger partial charge >= 0.3 is 0 Å². The summed E-state index contributed by atoms with van der Waals surface area (Å²) < 4.78 is 0. The molecular weight excluding hydrogens is 663 g/mol. The van der Waals surface area contributed by atoms with Crippen LogP contribution >= 0.6 is 0 Å². The van der Waals surface area contributed by atoms with Gasteiger partial charge < -0.3 is 4.90 Å². The van der Waals surface area contributed by atoms with Crippen molar-refractivity contribution in [3.8, 4) is 22.3 Å². The SMILES string of the molecule is CC1(C)c2ccccc2C2(c3ccccc3-c3ccc(-c4ccc(N(c5cccc6ccccc56)c5cccc6ccccc56)cc4)cc32)c2ccccc21. The van der Waals surface area contributed by atoms with Crippen molar-refractivity contribution in [1.82, 2.24) is 0 Å². The summed E-state index contributed by atoms with van der Waals surface area (Å²) in [4.78, 5) is 2.43. The molecule has 0 atom stereocenters. The first-order valence-electron chi connectivity index (χ1n) is 19.4. The highest BCUT2D eigenvalue weighted by Crippen LogP contribution is 2.62. The summed E-state index contributed by atoms with van der Waals surface area (Å²) in [7, 11) is 0. The van der Waals surface area contributed by atoms with Crippen LogP contribution < -0.4 is 4.90 Å². The molecule has 1 heteroatoms. The molecule has 9 aromatic carbocycles. The lowest BCUT2D eigenvalue weighted by Gasteiger charge is -2.46. The maximum atomic E-state index is 2.49. The normalized spacial score (nSPS) is 14.3. The van der Waals surface area contributed by atoms with Crippen LogP contribution in [0.2, 0.25) is 0 Å². The molecular formula is C54H39N. The minimum atomic E-state index is -0.413. The summed E-state index contributed by atoms with van der Waals surface area (Å²) in [5.41, 5.74) is 16.3. The van der Waals surface area contributed by atoms with Crippen LogP contribution in [-0.4, -0.2) is 0 Å². The fourth-order valence-corrected chi connectivity index (χ4v) is 10.1. The Hall–Kier alpha value is -6.70. The van der Waals surface area contributed by atoms with E-state index < -0.39 is 5.41 Å². The molecule has 11 rings (SSSR count). The van der Waals surface area contributed by atoms with Crippen molar-refractivity contribution in [3.05, 3.63) is 234 Å². The minimum Gasteiger partial charge on any atom is -0.309 e. The van der Waals surface area contributed by atoms with E-state index in [2.05, 4.69) is 219 Å². The van der Waals surface area contributed by atoms with Gasteiger partial charge in [0, 0.05) is 21.9 Å². The lowest BCUT2D eigenvalue weighted by molar-refractivity contribution is 0.563. The third-order valence-corrected chi connectivity index (χ3v) is 12.5. The highest BCUT2D eigenvalue weighted by atomic mass is 15.1. The second-order valence-corrected chi connectivity index (χ2v) is 15.7. The fraction of sp³-hybridized carbons (Fsp3) is 0.0741. The van der Waals surface area contributed by atoms with Gasteiger partial charge in [0.2, 0.25) is 0 Å². The maximum absolute atomic E-state index is 2.49. The predicted octanol–water partition coefficient (Wildman–Crippen LogP) is 14.1. The Kier molecular flexibility index (Phi) is 6.88. The maximum Gasteiger partial charge on any atom is 0.0719 e. The summed E-state index contributed by atoms with van der Waals surface area (Å²) >= 11 is 0. The van der Waals surface area contributed by atoms with Crippen LogP contribution in [0.3, 0.4) is 0 Å². The second kappa shape index (κ2) is 11.9. The summed E-state index contributed by atoms with van der Waals surface area (Å²) in [6.07, 6.45) is 0. The first-order chi connectivity index (χ1) is 27.0. The molecule has 0 saturated carbocycles. The Labute approximate surface area is 322 Å². The zero-order chi connectivity index (χ0) is 36.7. The van der Waals surface area contributed by atoms with Crippen molar-refractivity contribution >= 4 is 38.6 Å². The van der Waals surface area contributed by atoms with E-state index in [0.717, 1.165) is 17.1 Å².